The molecule has 1 N–H and O–H groups in total. The van der Waals surface area contributed by atoms with Crippen LogP contribution in [0.2, 0.25) is 0 Å². The maximum Gasteiger partial charge on any atom is 0.408 e. The molecule has 1 atom stereocenters. The van der Waals surface area contributed by atoms with E-state index in [2.05, 4.69) is 17.5 Å². The molecule has 1 unspecified atom stereocenters. The highest BCUT2D eigenvalue weighted by Gasteiger charge is 2.31. The van der Waals surface area contributed by atoms with Crippen LogP contribution in [0.3, 0.4) is 0 Å². The Labute approximate surface area is 161 Å². The maximum atomic E-state index is 13.1. The smallest absolute Gasteiger partial charge is 0.408 e. The lowest BCUT2D eigenvalue weighted by Gasteiger charge is -2.36. The van der Waals surface area contributed by atoms with Crippen molar-refractivity contribution in [3.05, 3.63) is 23.8 Å². The topological polar surface area (TPSA) is 79.0 Å². The molecular formula is C20H31N3O4. The van der Waals surface area contributed by atoms with Gasteiger partial charge in [0.15, 0.2) is 0 Å². The second-order valence-corrected chi connectivity index (χ2v) is 7.99. The first kappa shape index (κ1) is 21.0. The fraction of sp³-hybridized carbons (Fsp3) is 0.650. The Morgan fingerprint density at radius 1 is 1.11 bits per heavy atom. The molecule has 0 spiro atoms. The third-order valence-electron chi connectivity index (χ3n) is 4.54. The van der Waals surface area contributed by atoms with Gasteiger partial charge in [0.2, 0.25) is 11.8 Å². The summed E-state index contributed by atoms with van der Waals surface area (Å²) in [6.45, 7) is 8.88. The third-order valence-corrected chi connectivity index (χ3v) is 4.54. The van der Waals surface area contributed by atoms with Gasteiger partial charge in [0, 0.05) is 39.5 Å². The Hall–Kier alpha value is -2.31. The van der Waals surface area contributed by atoms with E-state index >= 15 is 0 Å². The molecule has 3 amide bonds. The van der Waals surface area contributed by atoms with E-state index in [4.69, 9.17) is 4.74 Å². The number of hydrogen-bond donors (Lipinski definition) is 1. The normalized spacial score (nSPS) is 18.6. The molecule has 0 aromatic heterocycles. The van der Waals surface area contributed by atoms with Gasteiger partial charge in [-0.15, -0.1) is 0 Å². The Bertz CT molecular complexity index is 626. The van der Waals surface area contributed by atoms with Crippen LogP contribution >= 0.6 is 0 Å². The van der Waals surface area contributed by atoms with E-state index in [1.165, 1.54) is 6.92 Å². The van der Waals surface area contributed by atoms with Crippen molar-refractivity contribution in [2.45, 2.75) is 58.6 Å². The van der Waals surface area contributed by atoms with Gasteiger partial charge < -0.3 is 19.9 Å². The Morgan fingerprint density at radius 3 is 2.26 bits per heavy atom. The second-order valence-electron chi connectivity index (χ2n) is 7.99. The number of amides is 3. The molecule has 1 saturated heterocycles. The van der Waals surface area contributed by atoms with Gasteiger partial charge in [-0.3, -0.25) is 9.59 Å². The number of allylic oxidation sites excluding steroid dienone is 3. The minimum Gasteiger partial charge on any atom is -0.444 e. The van der Waals surface area contributed by atoms with Crippen molar-refractivity contribution in [1.82, 2.24) is 15.1 Å². The molecule has 2 rings (SSSR count). The molecule has 2 aliphatic rings. The zero-order chi connectivity index (χ0) is 20.0. The van der Waals surface area contributed by atoms with E-state index in [0.717, 1.165) is 18.4 Å². The van der Waals surface area contributed by atoms with Crippen LogP contribution in [0.25, 0.3) is 0 Å². The van der Waals surface area contributed by atoms with Gasteiger partial charge in [-0.2, -0.15) is 0 Å². The van der Waals surface area contributed by atoms with E-state index in [1.54, 1.807) is 30.6 Å². The first-order chi connectivity index (χ1) is 12.7. The van der Waals surface area contributed by atoms with Gasteiger partial charge in [0.05, 0.1) is 0 Å². The minimum absolute atomic E-state index is 0.0167. The molecule has 1 heterocycles. The number of alkyl carbamates (subject to hydrolysis) is 1. The fourth-order valence-electron chi connectivity index (χ4n) is 3.17. The number of rotatable bonds is 4. The van der Waals surface area contributed by atoms with Crippen LogP contribution in [0.5, 0.6) is 0 Å². The first-order valence-corrected chi connectivity index (χ1v) is 9.55. The summed E-state index contributed by atoms with van der Waals surface area (Å²) in [5.41, 5.74) is 0.410. The maximum absolute atomic E-state index is 13.1. The van der Waals surface area contributed by atoms with Crippen molar-refractivity contribution in [2.24, 2.45) is 0 Å². The van der Waals surface area contributed by atoms with Gasteiger partial charge in [-0.25, -0.2) is 4.79 Å². The van der Waals surface area contributed by atoms with Crippen molar-refractivity contribution in [3.63, 3.8) is 0 Å². The molecule has 0 aromatic rings. The second kappa shape index (κ2) is 9.06. The lowest BCUT2D eigenvalue weighted by molar-refractivity contribution is -0.139. The summed E-state index contributed by atoms with van der Waals surface area (Å²) in [4.78, 5) is 40.2. The van der Waals surface area contributed by atoms with Gasteiger partial charge in [0.25, 0.3) is 0 Å². The van der Waals surface area contributed by atoms with Crippen molar-refractivity contribution >= 4 is 17.9 Å². The number of carbonyl (C=O) groups excluding carboxylic acids is 3. The van der Waals surface area contributed by atoms with Crippen LogP contribution in [0, 0.1) is 0 Å². The Balaban J connectivity index is 2.05. The van der Waals surface area contributed by atoms with Gasteiger partial charge >= 0.3 is 6.09 Å². The molecule has 1 fully saturated rings. The van der Waals surface area contributed by atoms with E-state index in [9.17, 15) is 14.4 Å². The van der Waals surface area contributed by atoms with Crippen LogP contribution < -0.4 is 5.32 Å². The lowest BCUT2D eigenvalue weighted by atomic mass is 9.99. The molecule has 0 saturated carbocycles. The third kappa shape index (κ3) is 6.73. The summed E-state index contributed by atoms with van der Waals surface area (Å²) in [5, 5.41) is 2.74. The summed E-state index contributed by atoms with van der Waals surface area (Å²) in [6.07, 6.45) is 7.96. The summed E-state index contributed by atoms with van der Waals surface area (Å²) < 4.78 is 5.33. The average molecular weight is 377 g/mol. The summed E-state index contributed by atoms with van der Waals surface area (Å²) >= 11 is 0. The highest BCUT2D eigenvalue weighted by Crippen LogP contribution is 2.18. The Kier molecular flexibility index (Phi) is 7.05. The van der Waals surface area contributed by atoms with Gasteiger partial charge in [0.1, 0.15) is 11.6 Å². The number of carbonyl (C=O) groups is 3. The van der Waals surface area contributed by atoms with E-state index in [1.807, 2.05) is 6.08 Å². The number of piperazine rings is 1. The predicted octanol–water partition coefficient (Wildman–Crippen LogP) is 2.24. The minimum atomic E-state index is -0.683. The number of nitrogens with zero attached hydrogens (tertiary/aromatic N) is 2. The average Bonchev–Trinajstić information content (AvgIpc) is 2.60. The van der Waals surface area contributed by atoms with Crippen LogP contribution in [-0.4, -0.2) is 65.5 Å². The molecule has 1 aliphatic heterocycles. The van der Waals surface area contributed by atoms with Crippen molar-refractivity contribution in [2.75, 3.05) is 26.2 Å². The number of hydrogen-bond acceptors (Lipinski definition) is 4. The monoisotopic (exact) mass is 377 g/mol. The lowest BCUT2D eigenvalue weighted by Crippen LogP contribution is -2.56. The predicted molar refractivity (Wildman–Crippen MR) is 103 cm³/mol. The fourth-order valence-corrected chi connectivity index (χ4v) is 3.17. The van der Waals surface area contributed by atoms with Crippen LogP contribution in [0.15, 0.2) is 23.8 Å². The molecule has 150 valence electrons. The highest BCUT2D eigenvalue weighted by molar-refractivity contribution is 5.86. The van der Waals surface area contributed by atoms with Crippen LogP contribution in [0.1, 0.15) is 47.0 Å². The van der Waals surface area contributed by atoms with Crippen molar-refractivity contribution in [3.8, 4) is 0 Å². The molecular weight excluding hydrogens is 346 g/mol. The van der Waals surface area contributed by atoms with E-state index < -0.39 is 17.7 Å². The number of nitrogens with one attached hydrogen (secondary N) is 1. The Morgan fingerprint density at radius 2 is 1.74 bits per heavy atom. The van der Waals surface area contributed by atoms with E-state index in [0.29, 0.717) is 32.6 Å². The molecule has 7 nitrogen and oxygen atoms in total. The largest absolute Gasteiger partial charge is 0.444 e. The summed E-state index contributed by atoms with van der Waals surface area (Å²) in [6, 6.07) is -0.683. The van der Waals surface area contributed by atoms with Crippen LogP contribution in [-0.2, 0) is 14.3 Å². The molecule has 0 bridgehead atoms. The van der Waals surface area contributed by atoms with Crippen molar-refractivity contribution in [1.29, 1.82) is 0 Å². The standard InChI is InChI=1S/C20H31N3O4/c1-15(24)22-10-12-23(13-11-22)18(25)17(14-16-8-6-5-7-9-16)21-19(26)27-20(2,3)4/h6,8-9,17H,5,7,10-14H2,1-4H3,(H,21,26). The van der Waals surface area contributed by atoms with Gasteiger partial charge in [-0.1, -0.05) is 18.2 Å². The van der Waals surface area contributed by atoms with Gasteiger partial charge in [-0.05, 0) is 39.2 Å². The van der Waals surface area contributed by atoms with Crippen molar-refractivity contribution < 1.29 is 19.1 Å². The molecule has 0 aromatic carbocycles. The quantitative estimate of drug-likeness (QED) is 0.815. The van der Waals surface area contributed by atoms with Crippen LogP contribution in [0.4, 0.5) is 4.79 Å². The summed E-state index contributed by atoms with van der Waals surface area (Å²) in [5.74, 6) is -0.119. The zero-order valence-corrected chi connectivity index (χ0v) is 16.8. The molecule has 7 heteroatoms. The molecule has 0 radical (unpaired) electrons. The number of ether oxygens (including phenoxy) is 1. The zero-order valence-electron chi connectivity index (χ0n) is 16.8. The molecule has 27 heavy (non-hydrogen) atoms. The highest BCUT2D eigenvalue weighted by atomic mass is 16.6. The summed E-state index contributed by atoms with van der Waals surface area (Å²) in [7, 11) is 0. The SMILES string of the molecule is CC(=O)N1CCN(C(=O)C(CC2=CCCC=C2)NC(=O)OC(C)(C)C)CC1. The first-order valence-electron chi connectivity index (χ1n) is 9.55. The van der Waals surface area contributed by atoms with E-state index in [-0.39, 0.29) is 11.8 Å². The molecule has 1 aliphatic carbocycles.